The Bertz CT molecular complexity index is 769. The van der Waals surface area contributed by atoms with Crippen molar-refractivity contribution in [1.29, 1.82) is 0 Å². The van der Waals surface area contributed by atoms with Crippen molar-refractivity contribution in [3.05, 3.63) is 24.0 Å². The normalized spacial score (nSPS) is 20.5. The summed E-state index contributed by atoms with van der Waals surface area (Å²) in [4.78, 5) is 4.21. The molecule has 8 heteroatoms. The van der Waals surface area contributed by atoms with Crippen LogP contribution in [-0.2, 0) is 9.84 Å². The predicted molar refractivity (Wildman–Crippen MR) is 74.0 cm³/mol. The minimum atomic E-state index is -3.01. The molecule has 1 atom stereocenters. The van der Waals surface area contributed by atoms with Crippen molar-refractivity contribution in [3.8, 4) is 23.0 Å². The number of para-hydroxylation sites is 1. The van der Waals surface area contributed by atoms with Crippen LogP contribution >= 0.6 is 0 Å². The smallest absolute Gasteiger partial charge is 0.261 e. The lowest BCUT2D eigenvalue weighted by atomic mass is 10.1. The molecule has 1 fully saturated rings. The summed E-state index contributed by atoms with van der Waals surface area (Å²) in [6.45, 7) is 0. The van der Waals surface area contributed by atoms with Crippen LogP contribution in [0.4, 0.5) is 0 Å². The number of rotatable bonds is 3. The molecule has 1 aromatic carbocycles. The number of nitrogens with zero attached hydrogens (tertiary/aromatic N) is 2. The zero-order valence-corrected chi connectivity index (χ0v) is 12.1. The Morgan fingerprint density at radius 2 is 2.24 bits per heavy atom. The highest BCUT2D eigenvalue weighted by molar-refractivity contribution is 7.91. The molecule has 0 spiro atoms. The number of phenols is 1. The maximum absolute atomic E-state index is 11.5. The Kier molecular flexibility index (Phi) is 3.32. The first-order chi connectivity index (χ1) is 10.00. The van der Waals surface area contributed by atoms with Crippen molar-refractivity contribution in [2.45, 2.75) is 12.3 Å². The van der Waals surface area contributed by atoms with Gasteiger partial charge in [-0.25, -0.2) is 8.42 Å². The molecule has 112 valence electrons. The lowest BCUT2D eigenvalue weighted by Crippen LogP contribution is -2.05. The fourth-order valence-electron chi connectivity index (χ4n) is 2.37. The first-order valence-electron chi connectivity index (χ1n) is 6.40. The second kappa shape index (κ2) is 5.03. The first kappa shape index (κ1) is 13.9. The largest absolute Gasteiger partial charge is 0.504 e. The zero-order chi connectivity index (χ0) is 15.0. The number of methoxy groups -OCH3 is 1. The molecule has 0 bridgehead atoms. The summed E-state index contributed by atoms with van der Waals surface area (Å²) >= 11 is 0. The van der Waals surface area contributed by atoms with E-state index in [1.165, 1.54) is 7.11 Å². The fraction of sp³-hybridized carbons (Fsp3) is 0.385. The number of sulfone groups is 1. The van der Waals surface area contributed by atoms with Gasteiger partial charge in [-0.3, -0.25) is 0 Å². The Labute approximate surface area is 121 Å². The Balaban J connectivity index is 1.92. The van der Waals surface area contributed by atoms with Crippen LogP contribution < -0.4 is 4.74 Å². The summed E-state index contributed by atoms with van der Waals surface area (Å²) in [5.74, 6) is 0.645. The van der Waals surface area contributed by atoms with Crippen LogP contribution in [0, 0.1) is 0 Å². The van der Waals surface area contributed by atoms with Gasteiger partial charge in [0.25, 0.3) is 5.89 Å². The number of phenolic OH excluding ortho intramolecular Hbond substituents is 1. The van der Waals surface area contributed by atoms with Crippen LogP contribution in [0.15, 0.2) is 22.7 Å². The lowest BCUT2D eigenvalue weighted by Gasteiger charge is -2.05. The number of ether oxygens (including phenoxy) is 1. The summed E-state index contributed by atoms with van der Waals surface area (Å²) in [5.41, 5.74) is 0.356. The molecule has 0 aliphatic carbocycles. The SMILES string of the molecule is COc1cccc(-c2nc(C3CCS(=O)(=O)C3)no2)c1O. The van der Waals surface area contributed by atoms with Gasteiger partial charge in [0.1, 0.15) is 0 Å². The van der Waals surface area contributed by atoms with E-state index in [1.807, 2.05) is 0 Å². The molecule has 1 aliphatic heterocycles. The highest BCUT2D eigenvalue weighted by Crippen LogP contribution is 2.37. The van der Waals surface area contributed by atoms with Gasteiger partial charge in [-0.05, 0) is 18.6 Å². The highest BCUT2D eigenvalue weighted by atomic mass is 32.2. The van der Waals surface area contributed by atoms with Crippen LogP contribution in [0.5, 0.6) is 11.5 Å². The van der Waals surface area contributed by atoms with Gasteiger partial charge in [-0.15, -0.1) is 0 Å². The second-order valence-corrected chi connectivity index (χ2v) is 7.14. The summed E-state index contributed by atoms with van der Waals surface area (Å²) in [6, 6.07) is 4.93. The Morgan fingerprint density at radius 3 is 2.90 bits per heavy atom. The summed E-state index contributed by atoms with van der Waals surface area (Å²) in [5, 5.41) is 13.9. The van der Waals surface area contributed by atoms with E-state index in [0.717, 1.165) is 0 Å². The van der Waals surface area contributed by atoms with E-state index in [9.17, 15) is 13.5 Å². The van der Waals surface area contributed by atoms with Gasteiger partial charge in [0.05, 0.1) is 24.2 Å². The molecule has 0 radical (unpaired) electrons. The molecule has 2 aromatic rings. The number of benzene rings is 1. The Hall–Kier alpha value is -2.09. The third-order valence-electron chi connectivity index (χ3n) is 3.49. The van der Waals surface area contributed by atoms with Crippen LogP contribution in [-0.4, -0.2) is 42.3 Å². The first-order valence-corrected chi connectivity index (χ1v) is 8.22. The standard InChI is InChI=1S/C13H14N2O5S/c1-19-10-4-2-3-9(11(10)16)13-14-12(15-20-13)8-5-6-21(17,18)7-8/h2-4,8,16H,5-7H2,1H3. The van der Waals surface area contributed by atoms with Crippen molar-refractivity contribution in [1.82, 2.24) is 10.1 Å². The minimum Gasteiger partial charge on any atom is -0.504 e. The fourth-order valence-corrected chi connectivity index (χ4v) is 4.11. The van der Waals surface area contributed by atoms with E-state index >= 15 is 0 Å². The van der Waals surface area contributed by atoms with Crippen molar-refractivity contribution >= 4 is 9.84 Å². The molecule has 0 amide bonds. The average molecular weight is 310 g/mol. The predicted octanol–water partition coefficient (Wildman–Crippen LogP) is 1.35. The van der Waals surface area contributed by atoms with Crippen LogP contribution in [0.2, 0.25) is 0 Å². The zero-order valence-electron chi connectivity index (χ0n) is 11.3. The molecule has 2 heterocycles. The van der Waals surface area contributed by atoms with Gasteiger partial charge in [0, 0.05) is 5.92 Å². The maximum Gasteiger partial charge on any atom is 0.261 e. The maximum atomic E-state index is 11.5. The van der Waals surface area contributed by atoms with Gasteiger partial charge >= 0.3 is 0 Å². The van der Waals surface area contributed by atoms with E-state index in [1.54, 1.807) is 18.2 Å². The lowest BCUT2D eigenvalue weighted by molar-refractivity contribution is 0.371. The summed E-state index contributed by atoms with van der Waals surface area (Å²) in [6.07, 6.45) is 0.491. The van der Waals surface area contributed by atoms with Gasteiger partial charge in [-0.2, -0.15) is 4.98 Å². The number of aromatic hydroxyl groups is 1. The minimum absolute atomic E-state index is 0.0378. The monoisotopic (exact) mass is 310 g/mol. The number of hydrogen-bond acceptors (Lipinski definition) is 7. The van der Waals surface area contributed by atoms with Crippen LogP contribution in [0.3, 0.4) is 0 Å². The molecule has 1 N–H and O–H groups in total. The van der Waals surface area contributed by atoms with Crippen molar-refractivity contribution in [2.24, 2.45) is 0 Å². The van der Waals surface area contributed by atoms with Gasteiger partial charge in [0.2, 0.25) is 0 Å². The Morgan fingerprint density at radius 1 is 1.43 bits per heavy atom. The number of hydrogen-bond donors (Lipinski definition) is 1. The third kappa shape index (κ3) is 2.58. The number of aromatic nitrogens is 2. The van der Waals surface area contributed by atoms with E-state index in [4.69, 9.17) is 9.26 Å². The van der Waals surface area contributed by atoms with Gasteiger partial charge in [-0.1, -0.05) is 11.2 Å². The molecule has 1 saturated heterocycles. The molecule has 7 nitrogen and oxygen atoms in total. The van der Waals surface area contributed by atoms with Gasteiger partial charge < -0.3 is 14.4 Å². The molecule has 21 heavy (non-hydrogen) atoms. The average Bonchev–Trinajstić information content (AvgIpc) is 3.05. The van der Waals surface area contributed by atoms with Crippen LogP contribution in [0.25, 0.3) is 11.5 Å². The highest BCUT2D eigenvalue weighted by Gasteiger charge is 2.32. The molecule has 3 rings (SSSR count). The van der Waals surface area contributed by atoms with E-state index in [-0.39, 0.29) is 29.1 Å². The topological polar surface area (TPSA) is 103 Å². The summed E-state index contributed by atoms with van der Waals surface area (Å²) < 4.78 is 33.1. The van der Waals surface area contributed by atoms with E-state index in [0.29, 0.717) is 23.6 Å². The van der Waals surface area contributed by atoms with Crippen LogP contribution in [0.1, 0.15) is 18.2 Å². The molecule has 1 unspecified atom stereocenters. The molecule has 0 saturated carbocycles. The summed E-state index contributed by atoms with van der Waals surface area (Å²) in [7, 11) is -1.56. The quantitative estimate of drug-likeness (QED) is 0.912. The van der Waals surface area contributed by atoms with Crippen molar-refractivity contribution < 1.29 is 22.8 Å². The van der Waals surface area contributed by atoms with E-state index < -0.39 is 9.84 Å². The molecule has 1 aliphatic rings. The van der Waals surface area contributed by atoms with E-state index in [2.05, 4.69) is 10.1 Å². The third-order valence-corrected chi connectivity index (χ3v) is 5.26. The van der Waals surface area contributed by atoms with Crippen molar-refractivity contribution in [2.75, 3.05) is 18.6 Å². The molecular formula is C13H14N2O5S. The molecular weight excluding hydrogens is 296 g/mol. The van der Waals surface area contributed by atoms with Gasteiger partial charge in [0.15, 0.2) is 27.2 Å². The molecule has 1 aromatic heterocycles. The van der Waals surface area contributed by atoms with Crippen molar-refractivity contribution in [3.63, 3.8) is 0 Å². The second-order valence-electron chi connectivity index (χ2n) is 4.91.